The Hall–Kier alpha value is -3.34. The quantitative estimate of drug-likeness (QED) is 0.0903. The van der Waals surface area contributed by atoms with Crippen LogP contribution in [0.4, 0.5) is 28.9 Å². The van der Waals surface area contributed by atoms with Gasteiger partial charge in [0.2, 0.25) is 0 Å². The van der Waals surface area contributed by atoms with Crippen molar-refractivity contribution in [2.24, 2.45) is 0 Å². The largest absolute Gasteiger partial charge is 1.00 e. The summed E-state index contributed by atoms with van der Waals surface area (Å²) in [4.78, 5) is -0.938. The zero-order chi connectivity index (χ0) is 43.9. The molecule has 0 aliphatic rings. The summed E-state index contributed by atoms with van der Waals surface area (Å²) >= 11 is 13.0. The molecule has 0 saturated carbocycles. The zero-order valence-corrected chi connectivity index (χ0v) is 39.5. The first-order valence-electron chi connectivity index (χ1n) is 16.1. The van der Waals surface area contributed by atoms with Crippen LogP contribution in [0.2, 0.25) is 10.0 Å². The molecule has 0 bridgehead atoms. The van der Waals surface area contributed by atoms with Crippen LogP contribution in [0.25, 0.3) is 22.3 Å². The van der Waals surface area contributed by atoms with E-state index in [-0.39, 0.29) is 66.2 Å². The Balaban J connectivity index is 0.000000291. The van der Waals surface area contributed by atoms with Gasteiger partial charge in [-0.2, -0.15) is 0 Å². The van der Waals surface area contributed by atoms with Crippen LogP contribution in [0.3, 0.4) is 0 Å². The molecule has 0 heterocycles. The van der Waals surface area contributed by atoms with E-state index in [0.717, 1.165) is 42.8 Å². The van der Waals surface area contributed by atoms with Crippen LogP contribution in [0, 0.1) is 23.3 Å². The molecule has 6 rings (SSSR count). The average Bonchev–Trinajstić information content (AvgIpc) is 3.13. The molecule has 0 fully saturated rings. The van der Waals surface area contributed by atoms with Crippen molar-refractivity contribution in [1.29, 1.82) is 0 Å². The predicted molar refractivity (Wildman–Crippen MR) is 224 cm³/mol. The van der Waals surface area contributed by atoms with E-state index >= 15 is 0 Å². The van der Waals surface area contributed by atoms with Crippen molar-refractivity contribution in [2.75, 3.05) is 22.0 Å². The third-order valence-corrected chi connectivity index (χ3v) is 12.2. The fourth-order valence-electron chi connectivity index (χ4n) is 4.93. The van der Waals surface area contributed by atoms with Crippen LogP contribution in [0.5, 0.6) is 0 Å². The Morgan fingerprint density at radius 3 is 1.28 bits per heavy atom. The first kappa shape index (κ1) is 51.0. The number of sulfonamides is 2. The number of halogens is 7. The third kappa shape index (κ3) is 14.4. The van der Waals surface area contributed by atoms with Gasteiger partial charge in [0.15, 0.2) is 9.84 Å². The van der Waals surface area contributed by atoms with Crippen LogP contribution in [0.15, 0.2) is 140 Å². The topological polar surface area (TPSA) is 167 Å². The van der Waals surface area contributed by atoms with Gasteiger partial charge in [-0.1, -0.05) is 111 Å². The third-order valence-electron chi connectivity index (χ3n) is 7.50. The summed E-state index contributed by atoms with van der Waals surface area (Å²) in [6.07, 6.45) is 1.98. The first-order chi connectivity index (χ1) is 27.5. The fraction of sp³-hybridized carbons (Fsp3) is 0.0526. The average molecular weight is 1020 g/mol. The SMILES string of the molecule is CS(=O)(=O)c1cc(Cl)cc(S(=O)(=O)Nc2cc(-c3ccccc3)c(F)cc2F)c1.CS(=O)[O-].O=S(=O)(Nc1cc(-c2ccccc2)c(F)cc1F)c1cc(Cl)cc(Br)c1.[Na+]. The molecule has 6 aromatic carbocycles. The van der Waals surface area contributed by atoms with Crippen molar-refractivity contribution in [1.82, 2.24) is 0 Å². The Kier molecular flexibility index (Phi) is 18.4. The number of anilines is 2. The normalized spacial score (nSPS) is 11.8. The second-order valence-electron chi connectivity index (χ2n) is 12.0. The van der Waals surface area contributed by atoms with Gasteiger partial charge >= 0.3 is 29.6 Å². The number of benzene rings is 6. The molecule has 2 N–H and O–H groups in total. The molecule has 0 aliphatic carbocycles. The number of rotatable bonds is 9. The smallest absolute Gasteiger partial charge is 0.773 e. The van der Waals surface area contributed by atoms with Gasteiger partial charge in [-0.15, -0.1) is 0 Å². The predicted octanol–water partition coefficient (Wildman–Crippen LogP) is 6.84. The molecule has 1 unspecified atom stereocenters. The Morgan fingerprint density at radius 1 is 0.567 bits per heavy atom. The monoisotopic (exact) mass is 1020 g/mol. The minimum absolute atomic E-state index is 0. The maximum atomic E-state index is 14.3. The van der Waals surface area contributed by atoms with E-state index in [0.29, 0.717) is 27.7 Å². The summed E-state index contributed by atoms with van der Waals surface area (Å²) in [6.45, 7) is 0. The molecule has 6 aromatic rings. The van der Waals surface area contributed by atoms with Crippen LogP contribution in [-0.2, 0) is 41.0 Å². The van der Waals surface area contributed by atoms with E-state index in [4.69, 9.17) is 32.0 Å². The van der Waals surface area contributed by atoms with Crippen molar-refractivity contribution in [2.45, 2.75) is 14.7 Å². The summed E-state index contributed by atoms with van der Waals surface area (Å²) in [5.41, 5.74) is 0.139. The maximum absolute atomic E-state index is 14.3. The molecular formula is C38H28BrCl2F4N2NaO8S4. The van der Waals surface area contributed by atoms with Crippen LogP contribution in [-0.4, -0.2) is 46.5 Å². The maximum Gasteiger partial charge on any atom is 1.00 e. The van der Waals surface area contributed by atoms with Crippen molar-refractivity contribution in [3.8, 4) is 22.3 Å². The minimum atomic E-state index is -4.41. The summed E-state index contributed by atoms with van der Waals surface area (Å²) < 4.78 is 153. The minimum Gasteiger partial charge on any atom is -0.773 e. The molecule has 1 atom stereocenters. The number of hydrogen-bond acceptors (Lipinski definition) is 8. The summed E-state index contributed by atoms with van der Waals surface area (Å²) in [7, 11) is -12.3. The van der Waals surface area contributed by atoms with Gasteiger partial charge in [0.1, 0.15) is 23.3 Å². The molecule has 0 amide bonds. The molecule has 0 spiro atoms. The van der Waals surface area contributed by atoms with Crippen LogP contribution in [0.1, 0.15) is 0 Å². The van der Waals surface area contributed by atoms with Crippen LogP contribution >= 0.6 is 39.1 Å². The standard InChI is InChI=1S/C19H14ClF2NO4S2.C18H11BrClF2NO2S.CH4O2S.Na/c1-28(24,25)14-7-13(20)8-15(9-14)29(26,27)23-19-10-16(17(21)11-18(19)22)12-5-3-2-4-6-12;19-12-6-13(20)8-14(7-12)26(24,25)23-18-9-15(16(21)10-17(18)22)11-4-2-1-3-5-11;1-4(2)3;/h2-11,23H,1H3;1-10,23H;1H3,(H,2,3);/q;;;+1/p-1. The fourth-order valence-corrected chi connectivity index (χ4v) is 9.38. The molecule has 0 radical (unpaired) electrons. The van der Waals surface area contributed by atoms with E-state index in [1.165, 1.54) is 18.2 Å². The van der Waals surface area contributed by atoms with Crippen molar-refractivity contribution in [3.05, 3.63) is 159 Å². The van der Waals surface area contributed by atoms with Gasteiger partial charge in [0.05, 0.1) is 26.1 Å². The van der Waals surface area contributed by atoms with Gasteiger partial charge in [-0.3, -0.25) is 13.7 Å². The van der Waals surface area contributed by atoms with Gasteiger partial charge in [0.25, 0.3) is 20.0 Å². The second-order valence-corrected chi connectivity index (χ2v) is 19.9. The van der Waals surface area contributed by atoms with E-state index in [9.17, 15) is 42.8 Å². The summed E-state index contributed by atoms with van der Waals surface area (Å²) in [5.74, 6) is -3.80. The Labute approximate surface area is 387 Å². The van der Waals surface area contributed by atoms with E-state index in [2.05, 4.69) is 20.7 Å². The number of nitrogens with one attached hydrogen (secondary N) is 2. The van der Waals surface area contributed by atoms with Crippen LogP contribution < -0.4 is 39.0 Å². The molecule has 10 nitrogen and oxygen atoms in total. The van der Waals surface area contributed by atoms with Crippen molar-refractivity contribution >= 4 is 91.5 Å². The molecule has 0 aliphatic heterocycles. The van der Waals surface area contributed by atoms with Gasteiger partial charge in [-0.05, 0) is 65.9 Å². The zero-order valence-electron chi connectivity index (χ0n) is 31.1. The number of sulfone groups is 1. The summed E-state index contributed by atoms with van der Waals surface area (Å²) in [5, 5.41) is 0.0714. The van der Waals surface area contributed by atoms with E-state index < -0.39 is 74.8 Å². The number of hydrogen-bond donors (Lipinski definition) is 2. The summed E-state index contributed by atoms with van der Waals surface area (Å²) in [6, 6.07) is 27.1. The molecule has 60 heavy (non-hydrogen) atoms. The Morgan fingerprint density at radius 2 is 0.917 bits per heavy atom. The van der Waals surface area contributed by atoms with Crippen molar-refractivity contribution < 1.29 is 81.1 Å². The second kappa shape index (κ2) is 21.6. The van der Waals surface area contributed by atoms with E-state index in [1.807, 2.05) is 4.72 Å². The van der Waals surface area contributed by atoms with Crippen molar-refractivity contribution in [3.63, 3.8) is 0 Å². The van der Waals surface area contributed by atoms with Gasteiger partial charge in [0, 0.05) is 44.0 Å². The molecule has 22 heteroatoms. The Bertz CT molecular complexity index is 2850. The molecular weight excluding hydrogens is 990 g/mol. The molecule has 0 saturated heterocycles. The van der Waals surface area contributed by atoms with Gasteiger partial charge in [-0.25, -0.2) is 42.8 Å². The molecule has 312 valence electrons. The first-order valence-corrected chi connectivity index (χ1v) is 24.0. The molecule has 0 aromatic heterocycles. The van der Waals surface area contributed by atoms with E-state index in [1.54, 1.807) is 60.7 Å². The van der Waals surface area contributed by atoms with Gasteiger partial charge < -0.3 is 4.55 Å².